The predicted molar refractivity (Wildman–Crippen MR) is 136 cm³/mol. The van der Waals surface area contributed by atoms with Gasteiger partial charge in [0.15, 0.2) is 11.5 Å². The van der Waals surface area contributed by atoms with Crippen LogP contribution in [0.25, 0.3) is 0 Å². The molecule has 9 nitrogen and oxygen atoms in total. The van der Waals surface area contributed by atoms with Crippen LogP contribution < -0.4 is 20.1 Å². The summed E-state index contributed by atoms with van der Waals surface area (Å²) in [5, 5.41) is 15.3. The number of carbonyl (C=O) groups excluding carboxylic acids is 2. The van der Waals surface area contributed by atoms with Gasteiger partial charge in [-0.05, 0) is 18.6 Å². The topological polar surface area (TPSA) is 117 Å². The SMILES string of the molecule is CC(=O)Oc1c(C(=O)NC(Cc2ccccc2)C(=O)O)cc(Cl)c(OCCN2CCNC(C)C2)c1Cl. The Morgan fingerprint density at radius 2 is 1.94 bits per heavy atom. The maximum atomic E-state index is 13.1. The molecule has 194 valence electrons. The number of aliphatic carboxylic acids is 1. The smallest absolute Gasteiger partial charge is 0.326 e. The second-order valence-electron chi connectivity index (χ2n) is 8.53. The normalized spacial score (nSPS) is 16.7. The molecule has 2 aromatic rings. The fourth-order valence-corrected chi connectivity index (χ4v) is 4.51. The first-order valence-electron chi connectivity index (χ1n) is 11.5. The van der Waals surface area contributed by atoms with Crippen LogP contribution in [0.1, 0.15) is 29.8 Å². The van der Waals surface area contributed by atoms with E-state index in [9.17, 15) is 19.5 Å². The van der Waals surface area contributed by atoms with Crippen molar-refractivity contribution in [3.63, 3.8) is 0 Å². The maximum Gasteiger partial charge on any atom is 0.326 e. The van der Waals surface area contributed by atoms with Crippen molar-refractivity contribution in [3.8, 4) is 11.5 Å². The van der Waals surface area contributed by atoms with Crippen LogP contribution >= 0.6 is 23.2 Å². The van der Waals surface area contributed by atoms with Crippen molar-refractivity contribution in [3.05, 3.63) is 57.6 Å². The van der Waals surface area contributed by atoms with Gasteiger partial charge in [-0.3, -0.25) is 14.5 Å². The molecule has 1 aliphatic rings. The first-order valence-corrected chi connectivity index (χ1v) is 12.3. The minimum absolute atomic E-state index is 0.0321. The highest BCUT2D eigenvalue weighted by atomic mass is 35.5. The third-order valence-electron chi connectivity index (χ3n) is 5.61. The molecule has 1 saturated heterocycles. The summed E-state index contributed by atoms with van der Waals surface area (Å²) in [6, 6.07) is 9.26. The molecule has 36 heavy (non-hydrogen) atoms. The Hall–Kier alpha value is -2.85. The number of carboxylic acid groups (broad SMARTS) is 1. The zero-order chi connectivity index (χ0) is 26.2. The van der Waals surface area contributed by atoms with Crippen molar-refractivity contribution >= 4 is 41.0 Å². The number of hydrogen-bond acceptors (Lipinski definition) is 7. The first kappa shape index (κ1) is 27.7. The molecule has 1 heterocycles. The van der Waals surface area contributed by atoms with Gasteiger partial charge < -0.3 is 25.2 Å². The Morgan fingerprint density at radius 3 is 2.58 bits per heavy atom. The Morgan fingerprint density at radius 1 is 1.22 bits per heavy atom. The number of piperazine rings is 1. The second-order valence-corrected chi connectivity index (χ2v) is 9.32. The van der Waals surface area contributed by atoms with E-state index in [1.54, 1.807) is 30.3 Å². The second kappa shape index (κ2) is 12.9. The van der Waals surface area contributed by atoms with Crippen molar-refractivity contribution in [2.45, 2.75) is 32.4 Å². The molecule has 2 aromatic carbocycles. The Kier molecular flexibility index (Phi) is 9.95. The van der Waals surface area contributed by atoms with Crippen LogP contribution in [0, 0.1) is 0 Å². The lowest BCUT2D eigenvalue weighted by molar-refractivity contribution is -0.139. The molecular formula is C25H29Cl2N3O6. The molecule has 0 aromatic heterocycles. The average molecular weight is 538 g/mol. The van der Waals surface area contributed by atoms with Gasteiger partial charge in [0.2, 0.25) is 0 Å². The zero-order valence-corrected chi connectivity index (χ0v) is 21.6. The van der Waals surface area contributed by atoms with E-state index in [1.165, 1.54) is 6.07 Å². The van der Waals surface area contributed by atoms with E-state index < -0.39 is 23.9 Å². The minimum atomic E-state index is -1.24. The molecule has 1 aliphatic heterocycles. The fraction of sp³-hybridized carbons (Fsp3) is 0.400. The van der Waals surface area contributed by atoms with Gasteiger partial charge in [-0.15, -0.1) is 0 Å². The number of carboxylic acids is 1. The van der Waals surface area contributed by atoms with Crippen LogP contribution in [-0.2, 0) is 16.0 Å². The van der Waals surface area contributed by atoms with E-state index in [-0.39, 0.29) is 40.1 Å². The number of carbonyl (C=O) groups is 3. The van der Waals surface area contributed by atoms with Crippen molar-refractivity contribution < 1.29 is 29.0 Å². The maximum absolute atomic E-state index is 13.1. The van der Waals surface area contributed by atoms with E-state index in [2.05, 4.69) is 22.5 Å². The number of amides is 1. The molecule has 0 bridgehead atoms. The molecule has 1 fully saturated rings. The zero-order valence-electron chi connectivity index (χ0n) is 20.1. The van der Waals surface area contributed by atoms with Crippen molar-refractivity contribution in [2.75, 3.05) is 32.8 Å². The molecule has 2 unspecified atom stereocenters. The summed E-state index contributed by atoms with van der Waals surface area (Å²) in [4.78, 5) is 38.9. The summed E-state index contributed by atoms with van der Waals surface area (Å²) in [5.74, 6) is -2.91. The molecule has 0 radical (unpaired) electrons. The highest BCUT2D eigenvalue weighted by Crippen LogP contribution is 2.43. The van der Waals surface area contributed by atoms with Crippen LogP contribution in [0.2, 0.25) is 10.0 Å². The van der Waals surface area contributed by atoms with Gasteiger partial charge in [0, 0.05) is 45.6 Å². The number of esters is 1. The third-order valence-corrected chi connectivity index (χ3v) is 6.24. The standard InChI is InChI=1S/C25H29Cl2N3O6/c1-15-14-30(9-8-28-15)10-11-35-23-19(26)13-18(22(21(23)27)36-16(2)31)24(32)29-20(25(33)34)12-17-6-4-3-5-7-17/h3-7,13,15,20,28H,8-12,14H2,1-2H3,(H,29,32)(H,33,34). The number of benzene rings is 2. The van der Waals surface area contributed by atoms with Crippen LogP contribution in [0.3, 0.4) is 0 Å². The predicted octanol–water partition coefficient (Wildman–Crippen LogP) is 3.02. The molecule has 0 aliphatic carbocycles. The number of hydrogen-bond donors (Lipinski definition) is 3. The van der Waals surface area contributed by atoms with Gasteiger partial charge in [0.1, 0.15) is 17.7 Å². The van der Waals surface area contributed by atoms with E-state index in [0.717, 1.165) is 32.1 Å². The van der Waals surface area contributed by atoms with E-state index in [4.69, 9.17) is 32.7 Å². The number of halogens is 2. The van der Waals surface area contributed by atoms with E-state index in [0.29, 0.717) is 12.6 Å². The monoisotopic (exact) mass is 537 g/mol. The summed E-state index contributed by atoms with van der Waals surface area (Å²) in [6.45, 7) is 6.79. The molecule has 0 saturated carbocycles. The van der Waals surface area contributed by atoms with Crippen LogP contribution in [0.4, 0.5) is 0 Å². The summed E-state index contributed by atoms with van der Waals surface area (Å²) in [7, 11) is 0. The Bertz CT molecular complexity index is 1100. The molecule has 11 heteroatoms. The van der Waals surface area contributed by atoms with Gasteiger partial charge in [0.05, 0.1) is 10.6 Å². The summed E-state index contributed by atoms with van der Waals surface area (Å²) in [5.41, 5.74) is 0.548. The van der Waals surface area contributed by atoms with E-state index >= 15 is 0 Å². The molecule has 0 spiro atoms. The molecular weight excluding hydrogens is 509 g/mol. The molecule has 3 N–H and O–H groups in total. The van der Waals surface area contributed by atoms with Crippen molar-refractivity contribution in [1.29, 1.82) is 0 Å². The van der Waals surface area contributed by atoms with Gasteiger partial charge in [0.25, 0.3) is 5.91 Å². The lowest BCUT2D eigenvalue weighted by Crippen LogP contribution is -2.50. The number of nitrogens with zero attached hydrogens (tertiary/aromatic N) is 1. The van der Waals surface area contributed by atoms with Gasteiger partial charge in [-0.2, -0.15) is 0 Å². The third kappa shape index (κ3) is 7.57. The molecule has 1 amide bonds. The van der Waals surface area contributed by atoms with Crippen LogP contribution in [0.5, 0.6) is 11.5 Å². The lowest BCUT2D eigenvalue weighted by atomic mass is 10.1. The van der Waals surface area contributed by atoms with E-state index in [1.807, 2.05) is 0 Å². The van der Waals surface area contributed by atoms with Gasteiger partial charge in [-0.25, -0.2) is 4.79 Å². The molecule has 3 rings (SSSR count). The Labute approximate surface area is 219 Å². The first-order chi connectivity index (χ1) is 17.2. The Balaban J connectivity index is 1.79. The lowest BCUT2D eigenvalue weighted by Gasteiger charge is -2.31. The highest BCUT2D eigenvalue weighted by Gasteiger charge is 2.28. The number of rotatable bonds is 10. The fourth-order valence-electron chi connectivity index (χ4n) is 3.91. The minimum Gasteiger partial charge on any atom is -0.489 e. The largest absolute Gasteiger partial charge is 0.489 e. The number of ether oxygens (including phenoxy) is 2. The van der Waals surface area contributed by atoms with Gasteiger partial charge in [-0.1, -0.05) is 53.5 Å². The highest BCUT2D eigenvalue weighted by molar-refractivity contribution is 6.39. The summed E-state index contributed by atoms with van der Waals surface area (Å²) >= 11 is 12.9. The van der Waals surface area contributed by atoms with Gasteiger partial charge >= 0.3 is 11.9 Å². The van der Waals surface area contributed by atoms with Crippen molar-refractivity contribution in [1.82, 2.24) is 15.5 Å². The summed E-state index contributed by atoms with van der Waals surface area (Å²) in [6.07, 6.45) is 0.0537. The van der Waals surface area contributed by atoms with Crippen LogP contribution in [-0.4, -0.2) is 72.7 Å². The van der Waals surface area contributed by atoms with Crippen molar-refractivity contribution in [2.24, 2.45) is 0 Å². The molecule has 2 atom stereocenters. The quantitative estimate of drug-likeness (QED) is 0.312. The van der Waals surface area contributed by atoms with Crippen LogP contribution in [0.15, 0.2) is 36.4 Å². The summed E-state index contributed by atoms with van der Waals surface area (Å²) < 4.78 is 11.0. The average Bonchev–Trinajstić information content (AvgIpc) is 2.82. The number of nitrogens with one attached hydrogen (secondary N) is 2.